The maximum atomic E-state index is 12.2. The highest BCUT2D eigenvalue weighted by Gasteiger charge is 2.15. The highest BCUT2D eigenvalue weighted by Crippen LogP contribution is 2.34. The number of anilines is 5. The van der Waals surface area contributed by atoms with Gasteiger partial charge < -0.3 is 20.7 Å². The molecule has 0 bridgehead atoms. The van der Waals surface area contributed by atoms with Crippen LogP contribution in [-0.2, 0) is 39.7 Å². The van der Waals surface area contributed by atoms with Gasteiger partial charge in [-0.05, 0) is 73.2 Å². The average Bonchev–Trinajstić information content (AvgIpc) is 3.20. The fourth-order valence-electron chi connectivity index (χ4n) is 4.73. The van der Waals surface area contributed by atoms with E-state index in [1.54, 1.807) is 24.3 Å². The average molecular weight is 921 g/mol. The quantitative estimate of drug-likeness (QED) is 0.00727. The number of rotatable bonds is 22. The molecule has 1 heterocycles. The molecule has 4 aromatic carbocycles. The Kier molecular flexibility index (Phi) is 15.8. The SMILES string of the molecule is O=Cc1cc(N=Nc2cccc(S(=O)(=O)O)c2)ccc1Nc1nc(NCCS(=O)(=O)O)nc(Nc2ccc(N=Nc3cccc(SOOO)c3)cc2OCCCS(=O)(=O)O)n1. The summed E-state index contributed by atoms with van der Waals surface area (Å²) in [6.45, 7) is -0.519. The van der Waals surface area contributed by atoms with E-state index < -0.39 is 46.8 Å². The van der Waals surface area contributed by atoms with Crippen LogP contribution in [0.2, 0.25) is 0 Å². The normalized spacial score (nSPS) is 12.1. The molecule has 5 aromatic rings. The minimum absolute atomic E-state index is 0.0438. The second-order valence-electron chi connectivity index (χ2n) is 11.9. The lowest BCUT2D eigenvalue weighted by Crippen LogP contribution is -2.17. The highest BCUT2D eigenvalue weighted by molar-refractivity contribution is 7.94. The number of hydrogen-bond donors (Lipinski definition) is 7. The summed E-state index contributed by atoms with van der Waals surface area (Å²) in [6.07, 6.45) is 0.392. The van der Waals surface area contributed by atoms with Crippen LogP contribution in [0.4, 0.5) is 52.0 Å². The zero-order valence-electron chi connectivity index (χ0n) is 30.8. The van der Waals surface area contributed by atoms with Crippen LogP contribution < -0.4 is 20.7 Å². The van der Waals surface area contributed by atoms with Gasteiger partial charge in [-0.25, -0.2) is 5.26 Å². The lowest BCUT2D eigenvalue weighted by atomic mass is 10.2. The minimum atomic E-state index is -4.49. The Bertz CT molecular complexity index is 2760. The fourth-order valence-corrected chi connectivity index (χ4v) is 6.51. The summed E-state index contributed by atoms with van der Waals surface area (Å²) in [6, 6.07) is 20.3. The number of nitrogens with zero attached hydrogens (tertiary/aromatic N) is 7. The molecular formula is C33H32N10O14S4. The Morgan fingerprint density at radius 2 is 1.25 bits per heavy atom. The van der Waals surface area contributed by atoms with Crippen LogP contribution in [0.1, 0.15) is 16.8 Å². The third-order valence-corrected chi connectivity index (χ3v) is 10.3. The van der Waals surface area contributed by atoms with Crippen LogP contribution in [0.3, 0.4) is 0 Å². The van der Waals surface area contributed by atoms with E-state index >= 15 is 0 Å². The predicted octanol–water partition coefficient (Wildman–Crippen LogP) is 6.63. The van der Waals surface area contributed by atoms with E-state index in [2.05, 4.69) is 60.7 Å². The summed E-state index contributed by atoms with van der Waals surface area (Å²) in [5.74, 6) is -1.74. The number of ether oxygens (including phenoxy) is 1. The molecule has 0 radical (unpaired) electrons. The van der Waals surface area contributed by atoms with Crippen LogP contribution in [0.5, 0.6) is 5.75 Å². The summed E-state index contributed by atoms with van der Waals surface area (Å²) >= 11 is 0.717. The van der Waals surface area contributed by atoms with Crippen molar-refractivity contribution in [3.63, 3.8) is 0 Å². The Morgan fingerprint density at radius 3 is 1.87 bits per heavy atom. The van der Waals surface area contributed by atoms with Crippen molar-refractivity contribution in [2.75, 3.05) is 40.6 Å². The smallest absolute Gasteiger partial charge is 0.294 e. The van der Waals surface area contributed by atoms with Crippen LogP contribution in [-0.4, -0.2) is 90.1 Å². The zero-order chi connectivity index (χ0) is 44.0. The fraction of sp³-hybridized carbons (Fsp3) is 0.152. The summed E-state index contributed by atoms with van der Waals surface area (Å²) in [5, 5.41) is 36.9. The molecule has 28 heteroatoms. The van der Waals surface area contributed by atoms with E-state index in [1.165, 1.54) is 54.6 Å². The molecule has 322 valence electrons. The molecule has 7 N–H and O–H groups in total. The van der Waals surface area contributed by atoms with Crippen molar-refractivity contribution in [3.8, 4) is 5.75 Å². The molecule has 61 heavy (non-hydrogen) atoms. The standard InChI is InChI=1S/C33H32N10O14S4/c44-20-21-16-24(42-41-23-5-2-7-27(18-23)61(52,53)54)8-10-28(21)35-32-37-31(34-12-15-60(49,50)51)38-33(39-32)36-29-11-9-25(19-30(29)55-13-3-14-59(46,47)48)43-40-22-4-1-6-26(17-22)58-57-56-45/h1-2,4-11,16-20,45H,3,12-15H2,(H,46,47,48)(H,49,50,51)(H,52,53,54)(H3,34,35,36,37,38,39). The first-order valence-corrected chi connectivity index (χ1v) is 22.3. The van der Waals surface area contributed by atoms with E-state index in [9.17, 15) is 43.7 Å². The van der Waals surface area contributed by atoms with Crippen molar-refractivity contribution in [3.05, 3.63) is 90.5 Å². The second-order valence-corrected chi connectivity index (χ2v) is 17.3. The van der Waals surface area contributed by atoms with E-state index in [0.29, 0.717) is 16.9 Å². The maximum absolute atomic E-state index is 12.2. The summed E-state index contributed by atoms with van der Waals surface area (Å²) in [5.41, 5.74) is 1.35. The van der Waals surface area contributed by atoms with Crippen molar-refractivity contribution in [1.82, 2.24) is 15.0 Å². The van der Waals surface area contributed by atoms with Crippen LogP contribution in [0, 0.1) is 0 Å². The molecule has 0 amide bonds. The molecule has 0 aliphatic rings. The minimum Gasteiger partial charge on any atom is -0.491 e. The second kappa shape index (κ2) is 20.9. The number of azo groups is 2. The number of carbonyl (C=O) groups excluding carboxylic acids is 1. The van der Waals surface area contributed by atoms with E-state index in [4.69, 9.17) is 9.99 Å². The number of hydrogen-bond acceptors (Lipinski definition) is 22. The van der Waals surface area contributed by atoms with Gasteiger partial charge >= 0.3 is 0 Å². The van der Waals surface area contributed by atoms with Gasteiger partial charge in [-0.3, -0.25) is 18.5 Å². The lowest BCUT2D eigenvalue weighted by molar-refractivity contribution is -0.432. The topological polar surface area (TPSA) is 352 Å². The number of benzene rings is 4. The molecule has 1 aromatic heterocycles. The summed E-state index contributed by atoms with van der Waals surface area (Å²) < 4.78 is 106. The third-order valence-electron chi connectivity index (χ3n) is 7.36. The van der Waals surface area contributed by atoms with Crippen molar-refractivity contribution in [2.45, 2.75) is 16.2 Å². The van der Waals surface area contributed by atoms with Gasteiger partial charge in [0.25, 0.3) is 30.4 Å². The zero-order valence-corrected chi connectivity index (χ0v) is 34.1. The Hall–Kier alpha value is -6.08. The number of aldehydes is 1. The van der Waals surface area contributed by atoms with Gasteiger partial charge in [-0.15, -0.1) is 4.33 Å². The largest absolute Gasteiger partial charge is 0.491 e. The molecule has 0 aliphatic heterocycles. The molecule has 0 saturated carbocycles. The first-order chi connectivity index (χ1) is 29.0. The van der Waals surface area contributed by atoms with Crippen molar-refractivity contribution < 1.29 is 63.1 Å². The van der Waals surface area contributed by atoms with E-state index in [0.717, 1.165) is 18.1 Å². The monoisotopic (exact) mass is 920 g/mol. The molecule has 0 spiro atoms. The third kappa shape index (κ3) is 15.5. The summed E-state index contributed by atoms with van der Waals surface area (Å²) in [7, 11) is -13.2. The molecular weight excluding hydrogens is 889 g/mol. The van der Waals surface area contributed by atoms with Crippen LogP contribution in [0.25, 0.3) is 0 Å². The van der Waals surface area contributed by atoms with Gasteiger partial charge in [0.15, 0.2) is 6.29 Å². The van der Waals surface area contributed by atoms with Crippen molar-refractivity contribution in [1.29, 1.82) is 0 Å². The van der Waals surface area contributed by atoms with Gasteiger partial charge in [0.1, 0.15) is 5.75 Å². The molecule has 0 aliphatic carbocycles. The van der Waals surface area contributed by atoms with Crippen LogP contribution in [0.15, 0.2) is 115 Å². The number of nitrogens with one attached hydrogen (secondary N) is 3. The maximum Gasteiger partial charge on any atom is 0.294 e. The number of aromatic nitrogens is 3. The molecule has 5 rings (SSSR count). The molecule has 0 fully saturated rings. The Morgan fingerprint density at radius 1 is 0.672 bits per heavy atom. The van der Waals surface area contributed by atoms with E-state index in [1.807, 2.05) is 0 Å². The Labute approximate surface area is 350 Å². The first kappa shape index (κ1) is 46.0. The van der Waals surface area contributed by atoms with Gasteiger partial charge in [0.2, 0.25) is 17.8 Å². The van der Waals surface area contributed by atoms with Gasteiger partial charge in [-0.2, -0.15) is 60.7 Å². The molecule has 0 unspecified atom stereocenters. The van der Waals surface area contributed by atoms with Gasteiger partial charge in [0, 0.05) is 23.1 Å². The Balaban J connectivity index is 1.44. The molecule has 24 nitrogen and oxygen atoms in total. The lowest BCUT2D eigenvalue weighted by Gasteiger charge is -2.15. The summed E-state index contributed by atoms with van der Waals surface area (Å²) in [4.78, 5) is 25.1. The number of carbonyl (C=O) groups is 1. The van der Waals surface area contributed by atoms with Crippen molar-refractivity contribution >= 4 is 101 Å². The van der Waals surface area contributed by atoms with E-state index in [-0.39, 0.29) is 77.2 Å². The van der Waals surface area contributed by atoms with Gasteiger partial charge in [-0.1, -0.05) is 17.2 Å². The highest BCUT2D eigenvalue weighted by atomic mass is 32.2. The first-order valence-electron chi connectivity index (χ1n) is 16.9. The van der Waals surface area contributed by atoms with Gasteiger partial charge in [0.05, 0.1) is 69.2 Å². The van der Waals surface area contributed by atoms with Crippen LogP contribution >= 0.6 is 12.0 Å². The predicted molar refractivity (Wildman–Crippen MR) is 218 cm³/mol. The molecule has 0 atom stereocenters. The van der Waals surface area contributed by atoms with Crippen molar-refractivity contribution in [2.24, 2.45) is 20.5 Å². The molecule has 0 saturated heterocycles.